The first-order chi connectivity index (χ1) is 16.0. The molecular weight excluding hydrogens is 412 g/mol. The summed E-state index contributed by atoms with van der Waals surface area (Å²) in [5.41, 5.74) is 3.92. The van der Waals surface area contributed by atoms with E-state index in [2.05, 4.69) is 46.4 Å². The van der Waals surface area contributed by atoms with Gasteiger partial charge in [-0.2, -0.15) is 4.98 Å². The normalized spacial score (nSPS) is 25.2. The Balaban J connectivity index is 1.30. The molecule has 1 saturated heterocycles. The third kappa shape index (κ3) is 3.78. The smallest absolute Gasteiger partial charge is 0.252 e. The molecule has 1 N–H and O–H groups in total. The Kier molecular flexibility index (Phi) is 5.09. The van der Waals surface area contributed by atoms with Crippen LogP contribution in [0.4, 0.5) is 17.3 Å². The molecule has 0 amide bonds. The van der Waals surface area contributed by atoms with Crippen molar-refractivity contribution >= 4 is 28.4 Å². The summed E-state index contributed by atoms with van der Waals surface area (Å²) in [7, 11) is 2.17. The van der Waals surface area contributed by atoms with Crippen LogP contribution in [0.25, 0.3) is 11.0 Å². The Hall–Kier alpha value is -2.93. The maximum atomic E-state index is 13.0. The highest BCUT2D eigenvalue weighted by molar-refractivity contribution is 5.79. The average molecular weight is 445 g/mol. The third-order valence-electron chi connectivity index (χ3n) is 8.00. The third-order valence-corrected chi connectivity index (χ3v) is 8.00. The van der Waals surface area contributed by atoms with E-state index in [1.54, 1.807) is 6.07 Å². The predicted molar refractivity (Wildman–Crippen MR) is 132 cm³/mol. The summed E-state index contributed by atoms with van der Waals surface area (Å²) in [4.78, 5) is 27.3. The standard InChI is InChI=1S/C26H32N6O/c1-17-22-9-10-24(33)32(23-16-18-3-4-19(23)15-18)25(22)29-26(27-17)28-20-5-7-21(8-6-20)31-13-11-30(2)12-14-31/h5-10,18-19,23H,3-4,11-16H2,1-2H3,(H,27,28,29). The van der Waals surface area contributed by atoms with Gasteiger partial charge in [-0.15, -0.1) is 0 Å². The second-order valence-electron chi connectivity index (χ2n) is 10.1. The number of anilines is 3. The van der Waals surface area contributed by atoms with Crippen molar-refractivity contribution in [3.8, 4) is 0 Å². The molecule has 1 aromatic carbocycles. The molecule has 7 nitrogen and oxygen atoms in total. The van der Waals surface area contributed by atoms with Crippen molar-refractivity contribution in [2.45, 2.75) is 38.6 Å². The van der Waals surface area contributed by atoms with Gasteiger partial charge in [0.2, 0.25) is 5.95 Å². The van der Waals surface area contributed by atoms with Crippen LogP contribution in [-0.4, -0.2) is 52.7 Å². The lowest BCUT2D eigenvalue weighted by Gasteiger charge is -2.34. The van der Waals surface area contributed by atoms with Gasteiger partial charge in [0, 0.05) is 55.0 Å². The number of benzene rings is 1. The molecular formula is C26H32N6O. The fourth-order valence-corrected chi connectivity index (χ4v) is 6.14. The van der Waals surface area contributed by atoms with E-state index in [0.717, 1.165) is 60.9 Å². The zero-order valence-electron chi connectivity index (χ0n) is 19.5. The summed E-state index contributed by atoms with van der Waals surface area (Å²) in [6, 6.07) is 12.3. The van der Waals surface area contributed by atoms with Crippen LogP contribution in [0.2, 0.25) is 0 Å². The lowest BCUT2D eigenvalue weighted by molar-refractivity contribution is 0.313. The van der Waals surface area contributed by atoms with Crippen molar-refractivity contribution in [1.82, 2.24) is 19.4 Å². The number of nitrogens with one attached hydrogen (secondary N) is 1. The highest BCUT2D eigenvalue weighted by atomic mass is 16.1. The number of likely N-dealkylation sites (N-methyl/N-ethyl adjacent to an activating group) is 1. The van der Waals surface area contributed by atoms with Crippen molar-refractivity contribution < 1.29 is 0 Å². The van der Waals surface area contributed by atoms with Crippen LogP contribution in [0.1, 0.15) is 37.4 Å². The van der Waals surface area contributed by atoms with Crippen LogP contribution in [0, 0.1) is 18.8 Å². The van der Waals surface area contributed by atoms with Crippen molar-refractivity contribution in [2.75, 3.05) is 43.4 Å². The number of rotatable bonds is 4. The zero-order valence-corrected chi connectivity index (χ0v) is 19.5. The average Bonchev–Trinajstić information content (AvgIpc) is 3.44. The molecule has 172 valence electrons. The number of hydrogen-bond acceptors (Lipinski definition) is 6. The minimum absolute atomic E-state index is 0.0561. The van der Waals surface area contributed by atoms with E-state index in [0.29, 0.717) is 11.9 Å². The molecule has 3 atom stereocenters. The summed E-state index contributed by atoms with van der Waals surface area (Å²) >= 11 is 0. The largest absolute Gasteiger partial charge is 0.369 e. The number of fused-ring (bicyclic) bond motifs is 3. The maximum Gasteiger partial charge on any atom is 0.252 e. The second kappa shape index (κ2) is 8.13. The summed E-state index contributed by atoms with van der Waals surface area (Å²) in [6.45, 7) is 6.29. The van der Waals surface area contributed by atoms with Crippen LogP contribution in [0.3, 0.4) is 0 Å². The van der Waals surface area contributed by atoms with Gasteiger partial charge < -0.3 is 15.1 Å². The number of pyridine rings is 1. The molecule has 33 heavy (non-hydrogen) atoms. The number of nitrogens with zero attached hydrogens (tertiary/aromatic N) is 5. The summed E-state index contributed by atoms with van der Waals surface area (Å²) in [5.74, 6) is 1.92. The molecule has 3 aromatic rings. The molecule has 1 aliphatic heterocycles. The van der Waals surface area contributed by atoms with Gasteiger partial charge in [0.05, 0.1) is 5.69 Å². The van der Waals surface area contributed by atoms with E-state index in [-0.39, 0.29) is 11.6 Å². The van der Waals surface area contributed by atoms with Crippen LogP contribution >= 0.6 is 0 Å². The van der Waals surface area contributed by atoms with Gasteiger partial charge in [-0.3, -0.25) is 9.36 Å². The van der Waals surface area contributed by atoms with E-state index >= 15 is 0 Å². The lowest BCUT2D eigenvalue weighted by atomic mass is 9.95. The molecule has 3 unspecified atom stereocenters. The topological polar surface area (TPSA) is 66.3 Å². The number of aryl methyl sites for hydroxylation is 1. The van der Waals surface area contributed by atoms with Crippen molar-refractivity contribution in [1.29, 1.82) is 0 Å². The second-order valence-corrected chi connectivity index (χ2v) is 10.1. The van der Waals surface area contributed by atoms with E-state index in [9.17, 15) is 4.79 Å². The van der Waals surface area contributed by atoms with Gasteiger partial charge in [0.1, 0.15) is 5.65 Å². The minimum atomic E-state index is 0.0561. The van der Waals surface area contributed by atoms with Gasteiger partial charge in [0.15, 0.2) is 0 Å². The SMILES string of the molecule is Cc1nc(Nc2ccc(N3CCN(C)CC3)cc2)nc2c1ccc(=O)n2C1CC2CCC1C2. The fourth-order valence-electron chi connectivity index (χ4n) is 6.14. The number of piperazine rings is 1. The first kappa shape index (κ1) is 20.7. The molecule has 3 heterocycles. The Morgan fingerprint density at radius 1 is 0.939 bits per heavy atom. The lowest BCUT2D eigenvalue weighted by Crippen LogP contribution is -2.44. The molecule has 2 aromatic heterocycles. The van der Waals surface area contributed by atoms with Crippen molar-refractivity contribution in [3.63, 3.8) is 0 Å². The Morgan fingerprint density at radius 3 is 2.42 bits per heavy atom. The van der Waals surface area contributed by atoms with Crippen LogP contribution in [0.15, 0.2) is 41.2 Å². The first-order valence-corrected chi connectivity index (χ1v) is 12.3. The van der Waals surface area contributed by atoms with Gasteiger partial charge in [0.25, 0.3) is 5.56 Å². The molecule has 0 radical (unpaired) electrons. The Bertz CT molecular complexity index is 1230. The molecule has 2 aliphatic carbocycles. The number of aromatic nitrogens is 3. The van der Waals surface area contributed by atoms with Gasteiger partial charge >= 0.3 is 0 Å². The Labute approximate surface area is 194 Å². The monoisotopic (exact) mass is 444 g/mol. The van der Waals surface area contributed by atoms with Crippen molar-refractivity contribution in [3.05, 3.63) is 52.4 Å². The predicted octanol–water partition coefficient (Wildman–Crippen LogP) is 3.96. The first-order valence-electron chi connectivity index (χ1n) is 12.3. The summed E-state index contributed by atoms with van der Waals surface area (Å²) in [5, 5.41) is 4.35. The number of hydrogen-bond donors (Lipinski definition) is 1. The molecule has 7 heteroatoms. The minimum Gasteiger partial charge on any atom is -0.369 e. The fraction of sp³-hybridized carbons (Fsp3) is 0.500. The van der Waals surface area contributed by atoms with Gasteiger partial charge in [-0.1, -0.05) is 6.42 Å². The highest BCUT2D eigenvalue weighted by Gasteiger charge is 2.41. The molecule has 2 saturated carbocycles. The molecule has 2 bridgehead atoms. The maximum absolute atomic E-state index is 13.0. The van der Waals surface area contributed by atoms with Gasteiger partial charge in [-0.25, -0.2) is 4.98 Å². The van der Waals surface area contributed by atoms with E-state index in [4.69, 9.17) is 9.97 Å². The van der Waals surface area contributed by atoms with Crippen LogP contribution < -0.4 is 15.8 Å². The quantitative estimate of drug-likeness (QED) is 0.657. The van der Waals surface area contributed by atoms with Crippen LogP contribution in [0.5, 0.6) is 0 Å². The van der Waals surface area contributed by atoms with Gasteiger partial charge in [-0.05, 0) is 75.4 Å². The van der Waals surface area contributed by atoms with E-state index in [1.807, 2.05) is 17.6 Å². The molecule has 3 fully saturated rings. The van der Waals surface area contributed by atoms with E-state index < -0.39 is 0 Å². The molecule has 6 rings (SSSR count). The Morgan fingerprint density at radius 2 is 1.73 bits per heavy atom. The van der Waals surface area contributed by atoms with Crippen molar-refractivity contribution in [2.24, 2.45) is 11.8 Å². The zero-order chi connectivity index (χ0) is 22.5. The van der Waals surface area contributed by atoms with Crippen LogP contribution in [-0.2, 0) is 0 Å². The van der Waals surface area contributed by atoms with E-state index in [1.165, 1.54) is 24.9 Å². The highest BCUT2D eigenvalue weighted by Crippen LogP contribution is 2.50. The molecule has 3 aliphatic rings. The molecule has 0 spiro atoms. The summed E-state index contributed by atoms with van der Waals surface area (Å²) < 4.78 is 1.97. The summed E-state index contributed by atoms with van der Waals surface area (Å²) in [6.07, 6.45) is 4.89.